The number of nitrogens with zero attached hydrogens (tertiary/aromatic N) is 1. The Kier molecular flexibility index (Phi) is 5.53. The molecular weight excluding hydrogens is 236 g/mol. The van der Waals surface area contributed by atoms with Crippen molar-refractivity contribution in [3.63, 3.8) is 0 Å². The third kappa shape index (κ3) is 4.39. The van der Waals surface area contributed by atoms with Gasteiger partial charge in [-0.1, -0.05) is 26.2 Å². The van der Waals surface area contributed by atoms with Crippen LogP contribution in [0.2, 0.25) is 0 Å². The molecule has 2 amide bonds. The summed E-state index contributed by atoms with van der Waals surface area (Å²) >= 11 is 0. The van der Waals surface area contributed by atoms with Gasteiger partial charge in [-0.3, -0.25) is 0 Å². The number of amides is 2. The van der Waals surface area contributed by atoms with Crippen molar-refractivity contribution in [3.8, 4) is 0 Å². The summed E-state index contributed by atoms with van der Waals surface area (Å²) in [6.07, 6.45) is 10.3. The van der Waals surface area contributed by atoms with Gasteiger partial charge in [0.1, 0.15) is 0 Å². The molecule has 3 nitrogen and oxygen atoms in total. The molecule has 0 saturated heterocycles. The summed E-state index contributed by atoms with van der Waals surface area (Å²) in [7, 11) is 0. The minimum Gasteiger partial charge on any atom is -0.335 e. The lowest BCUT2D eigenvalue weighted by molar-refractivity contribution is 0.190. The zero-order valence-electron chi connectivity index (χ0n) is 12.7. The quantitative estimate of drug-likeness (QED) is 0.747. The van der Waals surface area contributed by atoms with Crippen LogP contribution in [0.15, 0.2) is 0 Å². The summed E-state index contributed by atoms with van der Waals surface area (Å²) in [5.74, 6) is 1.51. The second-order valence-electron chi connectivity index (χ2n) is 6.37. The van der Waals surface area contributed by atoms with Crippen molar-refractivity contribution in [2.24, 2.45) is 11.8 Å². The molecule has 3 heteroatoms. The van der Waals surface area contributed by atoms with E-state index < -0.39 is 0 Å². The van der Waals surface area contributed by atoms with E-state index in [0.29, 0.717) is 6.04 Å². The molecule has 0 aromatic rings. The molecule has 19 heavy (non-hydrogen) atoms. The average molecular weight is 266 g/mol. The van der Waals surface area contributed by atoms with Crippen molar-refractivity contribution in [1.29, 1.82) is 0 Å². The van der Waals surface area contributed by atoms with Gasteiger partial charge in [0.25, 0.3) is 0 Å². The van der Waals surface area contributed by atoms with Crippen LogP contribution in [0.4, 0.5) is 4.79 Å². The summed E-state index contributed by atoms with van der Waals surface area (Å²) in [5.41, 5.74) is 0. The smallest absolute Gasteiger partial charge is 0.317 e. The Morgan fingerprint density at radius 2 is 2.00 bits per heavy atom. The third-order valence-electron chi connectivity index (χ3n) is 4.74. The molecular formula is C16H30N2O. The maximum Gasteiger partial charge on any atom is 0.317 e. The molecule has 2 saturated carbocycles. The van der Waals surface area contributed by atoms with Crippen LogP contribution in [0.3, 0.4) is 0 Å². The lowest BCUT2D eigenvalue weighted by atomic mass is 9.97. The van der Waals surface area contributed by atoms with E-state index in [-0.39, 0.29) is 6.03 Å². The SMILES string of the molecule is CCCCC1CCCC1NC(=O)N(CC)CC1CC1. The maximum absolute atomic E-state index is 12.3. The number of carbonyl (C=O) groups is 1. The summed E-state index contributed by atoms with van der Waals surface area (Å²) < 4.78 is 0. The molecule has 0 aliphatic heterocycles. The summed E-state index contributed by atoms with van der Waals surface area (Å²) in [4.78, 5) is 14.3. The number of nitrogens with one attached hydrogen (secondary N) is 1. The van der Waals surface area contributed by atoms with Crippen molar-refractivity contribution < 1.29 is 4.79 Å². The first kappa shape index (κ1) is 14.7. The lowest BCUT2D eigenvalue weighted by Crippen LogP contribution is -2.46. The molecule has 0 radical (unpaired) electrons. The van der Waals surface area contributed by atoms with Crippen LogP contribution >= 0.6 is 0 Å². The van der Waals surface area contributed by atoms with Gasteiger partial charge >= 0.3 is 6.03 Å². The van der Waals surface area contributed by atoms with Crippen LogP contribution in [0, 0.1) is 11.8 Å². The van der Waals surface area contributed by atoms with Gasteiger partial charge in [0.2, 0.25) is 0 Å². The zero-order valence-corrected chi connectivity index (χ0v) is 12.7. The van der Waals surface area contributed by atoms with E-state index >= 15 is 0 Å². The molecule has 2 unspecified atom stereocenters. The van der Waals surface area contributed by atoms with E-state index in [9.17, 15) is 4.79 Å². The van der Waals surface area contributed by atoms with Gasteiger partial charge in [-0.15, -0.1) is 0 Å². The highest BCUT2D eigenvalue weighted by Crippen LogP contribution is 2.31. The Morgan fingerprint density at radius 3 is 2.63 bits per heavy atom. The number of carbonyl (C=O) groups excluding carboxylic acids is 1. The Bertz CT molecular complexity index is 288. The van der Waals surface area contributed by atoms with Gasteiger partial charge in [-0.25, -0.2) is 4.79 Å². The molecule has 0 aromatic carbocycles. The highest BCUT2D eigenvalue weighted by molar-refractivity contribution is 5.74. The topological polar surface area (TPSA) is 32.3 Å². The van der Waals surface area contributed by atoms with Gasteiger partial charge in [-0.05, 0) is 50.9 Å². The molecule has 2 fully saturated rings. The normalized spacial score (nSPS) is 26.4. The van der Waals surface area contributed by atoms with Gasteiger partial charge in [0.05, 0.1) is 0 Å². The Hall–Kier alpha value is -0.730. The second-order valence-corrected chi connectivity index (χ2v) is 6.37. The molecule has 2 aliphatic carbocycles. The zero-order chi connectivity index (χ0) is 13.7. The van der Waals surface area contributed by atoms with Crippen LogP contribution < -0.4 is 5.32 Å². The molecule has 110 valence electrons. The van der Waals surface area contributed by atoms with E-state index in [1.165, 1.54) is 51.4 Å². The van der Waals surface area contributed by atoms with Gasteiger partial charge in [0.15, 0.2) is 0 Å². The van der Waals surface area contributed by atoms with E-state index in [0.717, 1.165) is 24.9 Å². The monoisotopic (exact) mass is 266 g/mol. The van der Waals surface area contributed by atoms with Crippen molar-refractivity contribution in [2.75, 3.05) is 13.1 Å². The molecule has 0 spiro atoms. The summed E-state index contributed by atoms with van der Waals surface area (Å²) in [6.45, 7) is 6.14. The predicted molar refractivity (Wildman–Crippen MR) is 79.2 cm³/mol. The van der Waals surface area contributed by atoms with Crippen LogP contribution in [-0.2, 0) is 0 Å². The Morgan fingerprint density at radius 1 is 1.21 bits per heavy atom. The van der Waals surface area contributed by atoms with Crippen LogP contribution in [0.1, 0.15) is 65.2 Å². The standard InChI is InChI=1S/C16H30N2O/c1-3-5-7-14-8-6-9-15(14)17-16(19)18(4-2)12-13-10-11-13/h13-15H,3-12H2,1-2H3,(H,17,19). The summed E-state index contributed by atoms with van der Waals surface area (Å²) in [5, 5.41) is 3.31. The fraction of sp³-hybridized carbons (Fsp3) is 0.938. The van der Waals surface area contributed by atoms with Crippen LogP contribution in [-0.4, -0.2) is 30.1 Å². The number of hydrogen-bond donors (Lipinski definition) is 1. The van der Waals surface area contributed by atoms with Gasteiger partial charge < -0.3 is 10.2 Å². The molecule has 0 aromatic heterocycles. The predicted octanol–water partition coefficient (Wildman–Crippen LogP) is 3.79. The molecule has 2 atom stereocenters. The summed E-state index contributed by atoms with van der Waals surface area (Å²) in [6, 6.07) is 0.620. The fourth-order valence-electron chi connectivity index (χ4n) is 3.26. The van der Waals surface area contributed by atoms with Gasteiger partial charge in [0, 0.05) is 19.1 Å². The molecule has 2 rings (SSSR count). The van der Waals surface area contributed by atoms with E-state index in [1.807, 2.05) is 4.90 Å². The minimum absolute atomic E-state index is 0.183. The lowest BCUT2D eigenvalue weighted by Gasteiger charge is -2.26. The first-order valence-corrected chi connectivity index (χ1v) is 8.30. The third-order valence-corrected chi connectivity index (χ3v) is 4.74. The first-order chi connectivity index (χ1) is 9.24. The molecule has 2 aliphatic rings. The molecule has 1 N–H and O–H groups in total. The van der Waals surface area contributed by atoms with Gasteiger partial charge in [-0.2, -0.15) is 0 Å². The Labute approximate surface area is 118 Å². The molecule has 0 heterocycles. The Balaban J connectivity index is 1.78. The fourth-order valence-corrected chi connectivity index (χ4v) is 3.26. The second kappa shape index (κ2) is 7.16. The highest BCUT2D eigenvalue weighted by Gasteiger charge is 2.31. The number of urea groups is 1. The number of rotatable bonds is 7. The van der Waals surface area contributed by atoms with E-state index in [2.05, 4.69) is 19.2 Å². The number of unbranched alkanes of at least 4 members (excludes halogenated alkanes) is 1. The van der Waals surface area contributed by atoms with Crippen molar-refractivity contribution >= 4 is 6.03 Å². The van der Waals surface area contributed by atoms with Crippen LogP contribution in [0.5, 0.6) is 0 Å². The first-order valence-electron chi connectivity index (χ1n) is 8.30. The van der Waals surface area contributed by atoms with Crippen molar-refractivity contribution in [1.82, 2.24) is 10.2 Å². The highest BCUT2D eigenvalue weighted by atomic mass is 16.2. The van der Waals surface area contributed by atoms with E-state index in [1.54, 1.807) is 0 Å². The average Bonchev–Trinajstić information content (AvgIpc) is 3.13. The minimum atomic E-state index is 0.183. The maximum atomic E-state index is 12.3. The van der Waals surface area contributed by atoms with Crippen molar-refractivity contribution in [3.05, 3.63) is 0 Å². The number of hydrogen-bond acceptors (Lipinski definition) is 1. The largest absolute Gasteiger partial charge is 0.335 e. The van der Waals surface area contributed by atoms with Crippen molar-refractivity contribution in [2.45, 2.75) is 71.3 Å². The van der Waals surface area contributed by atoms with Crippen LogP contribution in [0.25, 0.3) is 0 Å². The van der Waals surface area contributed by atoms with E-state index in [4.69, 9.17) is 0 Å². The molecule has 0 bridgehead atoms.